The number of likely N-dealkylation sites (N-methyl/N-ethyl adjacent to an activating group) is 1. The van der Waals surface area contributed by atoms with Gasteiger partial charge in [0.2, 0.25) is 0 Å². The summed E-state index contributed by atoms with van der Waals surface area (Å²) < 4.78 is 11.5. The van der Waals surface area contributed by atoms with Crippen LogP contribution in [0.1, 0.15) is 47.3 Å². The SMILES string of the molecule is COc1ccc(CCC(CCc2ccc(OC)cc2)[N+]2(C)CCCC(NC(=O)c3nc(Cl)c(N)nc3N)C2)cc1.[Cl-]. The first-order valence-corrected chi connectivity index (χ1v) is 14.1. The van der Waals surface area contributed by atoms with E-state index in [1.807, 2.05) is 24.3 Å². The zero-order valence-electron chi connectivity index (χ0n) is 23.9. The molecule has 0 radical (unpaired) electrons. The molecule has 0 bridgehead atoms. The molecule has 2 unspecified atom stereocenters. The quantitative estimate of drug-likeness (QED) is 0.282. The number of benzene rings is 2. The van der Waals surface area contributed by atoms with Crippen LogP contribution in [0.2, 0.25) is 5.15 Å². The molecule has 5 N–H and O–H groups in total. The summed E-state index contributed by atoms with van der Waals surface area (Å²) in [7, 11) is 5.69. The van der Waals surface area contributed by atoms with Crippen molar-refractivity contribution in [1.82, 2.24) is 15.3 Å². The molecule has 1 aromatic heterocycles. The smallest absolute Gasteiger partial charge is 0.274 e. The summed E-state index contributed by atoms with van der Waals surface area (Å²) in [6, 6.07) is 17.0. The number of halogens is 2. The Morgan fingerprint density at radius 3 is 2.02 bits per heavy atom. The molecule has 0 saturated carbocycles. The summed E-state index contributed by atoms with van der Waals surface area (Å²) in [5.41, 5.74) is 14.2. The van der Waals surface area contributed by atoms with Crippen molar-refractivity contribution >= 4 is 29.1 Å². The molecule has 1 aliphatic rings. The number of hydrogen-bond donors (Lipinski definition) is 3. The second kappa shape index (κ2) is 14.6. The second-order valence-electron chi connectivity index (χ2n) is 10.8. The number of nitrogen functional groups attached to an aromatic ring is 2. The molecule has 11 heteroatoms. The highest BCUT2D eigenvalue weighted by molar-refractivity contribution is 6.31. The Bertz CT molecular complexity index is 1240. The maximum atomic E-state index is 13.1. The molecular formula is C30H40Cl2N6O3. The molecule has 1 amide bonds. The predicted octanol–water partition coefficient (Wildman–Crippen LogP) is 1.29. The topological polar surface area (TPSA) is 125 Å². The number of nitrogens with two attached hydrogens (primary N) is 2. The summed E-state index contributed by atoms with van der Waals surface area (Å²) in [4.78, 5) is 21.1. The Kier molecular flexibility index (Phi) is 11.5. The Morgan fingerprint density at radius 2 is 1.51 bits per heavy atom. The average Bonchev–Trinajstić information content (AvgIpc) is 2.95. The summed E-state index contributed by atoms with van der Waals surface area (Å²) in [6.45, 7) is 1.87. The third-order valence-corrected chi connectivity index (χ3v) is 8.32. The van der Waals surface area contributed by atoms with Gasteiger partial charge in [-0.15, -0.1) is 0 Å². The van der Waals surface area contributed by atoms with Gasteiger partial charge in [0, 0.05) is 12.8 Å². The summed E-state index contributed by atoms with van der Waals surface area (Å²) in [6.07, 6.45) is 5.90. The van der Waals surface area contributed by atoms with E-state index >= 15 is 0 Å². The number of anilines is 2. The van der Waals surface area contributed by atoms with Gasteiger partial charge >= 0.3 is 0 Å². The van der Waals surface area contributed by atoms with Crippen molar-refractivity contribution < 1.29 is 31.2 Å². The van der Waals surface area contributed by atoms with Crippen LogP contribution in [0.4, 0.5) is 11.6 Å². The van der Waals surface area contributed by atoms with Crippen molar-refractivity contribution in [2.75, 3.05) is 45.8 Å². The maximum absolute atomic E-state index is 13.1. The van der Waals surface area contributed by atoms with Gasteiger partial charge in [-0.3, -0.25) is 4.79 Å². The second-order valence-corrected chi connectivity index (χ2v) is 11.1. The van der Waals surface area contributed by atoms with Crippen LogP contribution < -0.4 is 38.7 Å². The molecule has 0 spiro atoms. The monoisotopic (exact) mass is 602 g/mol. The molecule has 4 rings (SSSR count). The first-order chi connectivity index (χ1) is 19.2. The number of amides is 1. The van der Waals surface area contributed by atoms with Crippen molar-refractivity contribution in [2.45, 2.75) is 50.6 Å². The van der Waals surface area contributed by atoms with E-state index in [9.17, 15) is 4.79 Å². The fraction of sp³-hybridized carbons (Fsp3) is 0.433. The predicted molar refractivity (Wildman–Crippen MR) is 159 cm³/mol. The molecule has 222 valence electrons. The third kappa shape index (κ3) is 8.38. The zero-order valence-corrected chi connectivity index (χ0v) is 25.4. The van der Waals surface area contributed by atoms with Crippen molar-refractivity contribution in [2.24, 2.45) is 0 Å². The summed E-state index contributed by atoms with van der Waals surface area (Å²) in [5, 5.41) is 3.11. The fourth-order valence-electron chi connectivity index (χ4n) is 5.72. The van der Waals surface area contributed by atoms with Crippen molar-refractivity contribution in [3.63, 3.8) is 0 Å². The number of nitrogens with zero attached hydrogens (tertiary/aromatic N) is 3. The molecule has 1 saturated heterocycles. The fourth-order valence-corrected chi connectivity index (χ4v) is 5.84. The lowest BCUT2D eigenvalue weighted by Gasteiger charge is -2.47. The highest BCUT2D eigenvalue weighted by Gasteiger charge is 2.38. The molecule has 1 aliphatic heterocycles. The van der Waals surface area contributed by atoms with E-state index in [0.29, 0.717) is 6.04 Å². The number of ether oxygens (including phenoxy) is 2. The Labute approximate surface area is 253 Å². The van der Waals surface area contributed by atoms with Crippen LogP contribution in [0, 0.1) is 0 Å². The largest absolute Gasteiger partial charge is 1.00 e. The zero-order chi connectivity index (χ0) is 28.7. The lowest BCUT2D eigenvalue weighted by atomic mass is 9.92. The highest BCUT2D eigenvalue weighted by Crippen LogP contribution is 2.28. The minimum Gasteiger partial charge on any atom is -1.00 e. The van der Waals surface area contributed by atoms with Crippen molar-refractivity contribution in [3.8, 4) is 11.5 Å². The van der Waals surface area contributed by atoms with Gasteiger partial charge < -0.3 is 43.1 Å². The number of carbonyl (C=O) groups is 1. The van der Waals surface area contributed by atoms with Crippen LogP contribution in [0.25, 0.3) is 0 Å². The third-order valence-electron chi connectivity index (χ3n) is 8.05. The van der Waals surface area contributed by atoms with E-state index < -0.39 is 0 Å². The van der Waals surface area contributed by atoms with E-state index in [4.69, 9.17) is 32.5 Å². The molecule has 41 heavy (non-hydrogen) atoms. The number of methoxy groups -OCH3 is 2. The molecule has 2 heterocycles. The van der Waals surface area contributed by atoms with Gasteiger partial charge in [0.1, 0.15) is 11.5 Å². The number of quaternary nitrogens is 1. The molecule has 9 nitrogen and oxygen atoms in total. The molecule has 0 aliphatic carbocycles. The molecule has 2 aromatic carbocycles. The van der Waals surface area contributed by atoms with Gasteiger partial charge in [-0.1, -0.05) is 35.9 Å². The normalized spacial score (nSPS) is 18.4. The minimum absolute atomic E-state index is 0. The van der Waals surface area contributed by atoms with Crippen LogP contribution in [0.3, 0.4) is 0 Å². The average molecular weight is 604 g/mol. The van der Waals surface area contributed by atoms with Gasteiger partial charge in [-0.25, -0.2) is 9.97 Å². The number of hydrogen-bond acceptors (Lipinski definition) is 7. The number of nitrogens with one attached hydrogen (secondary N) is 1. The highest BCUT2D eigenvalue weighted by atomic mass is 35.5. The number of carbonyl (C=O) groups excluding carboxylic acids is 1. The molecular weight excluding hydrogens is 563 g/mol. The van der Waals surface area contributed by atoms with E-state index in [1.165, 1.54) is 11.1 Å². The lowest BCUT2D eigenvalue weighted by molar-refractivity contribution is -0.939. The first kappa shape index (κ1) is 32.2. The van der Waals surface area contributed by atoms with Gasteiger partial charge in [-0.05, 0) is 61.1 Å². The summed E-state index contributed by atoms with van der Waals surface area (Å²) in [5.74, 6) is 1.33. The van der Waals surface area contributed by atoms with Crippen molar-refractivity contribution in [3.05, 3.63) is 70.5 Å². The van der Waals surface area contributed by atoms with Gasteiger partial charge in [0.05, 0.1) is 46.4 Å². The van der Waals surface area contributed by atoms with E-state index in [1.54, 1.807) is 14.2 Å². The van der Waals surface area contributed by atoms with Crippen LogP contribution in [0.5, 0.6) is 11.5 Å². The number of piperidine rings is 1. The molecule has 2 atom stereocenters. The number of aromatic nitrogens is 2. The summed E-state index contributed by atoms with van der Waals surface area (Å²) >= 11 is 6.01. The van der Waals surface area contributed by atoms with E-state index in [2.05, 4.69) is 46.6 Å². The van der Waals surface area contributed by atoms with Crippen LogP contribution in [0.15, 0.2) is 48.5 Å². The van der Waals surface area contributed by atoms with Crippen molar-refractivity contribution in [1.29, 1.82) is 0 Å². The molecule has 3 aromatic rings. The van der Waals surface area contributed by atoms with Crippen LogP contribution in [-0.4, -0.2) is 66.8 Å². The van der Waals surface area contributed by atoms with Crippen LogP contribution >= 0.6 is 11.6 Å². The number of aryl methyl sites for hydroxylation is 2. The molecule has 1 fully saturated rings. The van der Waals surface area contributed by atoms with Gasteiger partial charge in [0.15, 0.2) is 22.5 Å². The number of rotatable bonds is 11. The number of likely N-dealkylation sites (tertiary alicyclic amines) is 1. The van der Waals surface area contributed by atoms with Gasteiger partial charge in [0.25, 0.3) is 5.91 Å². The van der Waals surface area contributed by atoms with E-state index in [-0.39, 0.29) is 46.8 Å². The Hall–Kier alpha value is -3.27. The van der Waals surface area contributed by atoms with Gasteiger partial charge in [-0.2, -0.15) is 0 Å². The van der Waals surface area contributed by atoms with E-state index in [0.717, 1.165) is 67.6 Å². The Balaban J connectivity index is 0.00000462. The van der Waals surface area contributed by atoms with Crippen LogP contribution in [-0.2, 0) is 12.8 Å². The lowest BCUT2D eigenvalue weighted by Crippen LogP contribution is -3.00. The minimum atomic E-state index is -0.377. The Morgan fingerprint density at radius 1 is 0.976 bits per heavy atom. The first-order valence-electron chi connectivity index (χ1n) is 13.7. The standard InChI is InChI=1S/C30H39ClN6O3.ClH/c1-37(18-4-5-22(19-37)34-30(38)26-28(32)36-29(33)27(31)35-26)23(12-6-20-8-14-24(39-2)15-9-20)13-7-21-10-16-25(40-3)17-11-21;/h8-11,14-17,22-23H,4-7,12-13,18-19H2,1-3H3,(H4-,32,33,34,36,38);1H. The maximum Gasteiger partial charge on any atom is 0.274 e.